The van der Waals surface area contributed by atoms with E-state index in [0.717, 1.165) is 11.4 Å². The fraction of sp³-hybridized carbons (Fsp3) is 0.240. The molecule has 1 saturated heterocycles. The van der Waals surface area contributed by atoms with E-state index in [0.29, 0.717) is 48.5 Å². The first-order chi connectivity index (χ1) is 16.9. The number of aryl methyl sites for hydroxylation is 1. The number of rotatable bonds is 5. The summed E-state index contributed by atoms with van der Waals surface area (Å²) in [6.07, 6.45) is 4.06. The van der Waals surface area contributed by atoms with Gasteiger partial charge in [0.1, 0.15) is 11.8 Å². The molecule has 178 valence electrons. The molecule has 1 fully saturated rings. The summed E-state index contributed by atoms with van der Waals surface area (Å²) in [5, 5.41) is 8.91. The van der Waals surface area contributed by atoms with Gasteiger partial charge < -0.3 is 15.4 Å². The lowest BCUT2D eigenvalue weighted by Crippen LogP contribution is -2.37. The number of nitrogens with zero attached hydrogens (tertiary/aromatic N) is 6. The van der Waals surface area contributed by atoms with Gasteiger partial charge in [0.25, 0.3) is 0 Å². The van der Waals surface area contributed by atoms with E-state index in [2.05, 4.69) is 21.6 Å². The third kappa shape index (κ3) is 4.30. The van der Waals surface area contributed by atoms with Gasteiger partial charge in [0.2, 0.25) is 11.8 Å². The summed E-state index contributed by atoms with van der Waals surface area (Å²) in [5.41, 5.74) is 9.49. The van der Waals surface area contributed by atoms with Crippen LogP contribution in [0, 0.1) is 12.7 Å². The Kier molecular flexibility index (Phi) is 5.86. The predicted molar refractivity (Wildman–Crippen MR) is 128 cm³/mol. The maximum absolute atomic E-state index is 15.2. The van der Waals surface area contributed by atoms with Crippen molar-refractivity contribution in [2.45, 2.75) is 25.7 Å². The van der Waals surface area contributed by atoms with Crippen LogP contribution in [0.4, 0.5) is 10.2 Å². The summed E-state index contributed by atoms with van der Waals surface area (Å²) in [6.45, 7) is 6.56. The van der Waals surface area contributed by atoms with Crippen LogP contribution in [-0.2, 0) is 4.79 Å². The smallest absolute Gasteiger partial charge is 0.245 e. The maximum Gasteiger partial charge on any atom is 0.245 e. The zero-order valence-corrected chi connectivity index (χ0v) is 19.2. The Balaban J connectivity index is 1.53. The van der Waals surface area contributed by atoms with Gasteiger partial charge in [-0.2, -0.15) is 5.10 Å². The van der Waals surface area contributed by atoms with Crippen molar-refractivity contribution in [1.82, 2.24) is 29.7 Å². The zero-order valence-electron chi connectivity index (χ0n) is 19.2. The minimum absolute atomic E-state index is 0.0375. The summed E-state index contributed by atoms with van der Waals surface area (Å²) >= 11 is 0. The molecule has 0 radical (unpaired) electrons. The Morgan fingerprint density at radius 3 is 2.77 bits per heavy atom. The summed E-state index contributed by atoms with van der Waals surface area (Å²) in [6, 6.07) is 10.0. The fourth-order valence-corrected chi connectivity index (χ4v) is 4.43. The maximum atomic E-state index is 15.2. The lowest BCUT2D eigenvalue weighted by Gasteiger charge is -2.31. The van der Waals surface area contributed by atoms with E-state index >= 15 is 4.39 Å². The molecule has 0 bridgehead atoms. The molecular formula is C25H24FN7O2. The molecule has 0 saturated carbocycles. The first kappa shape index (κ1) is 22.5. The first-order valence-corrected chi connectivity index (χ1v) is 11.3. The fourth-order valence-electron chi connectivity index (χ4n) is 4.43. The van der Waals surface area contributed by atoms with Crippen molar-refractivity contribution in [3.05, 3.63) is 72.6 Å². The minimum atomic E-state index is -0.544. The van der Waals surface area contributed by atoms with Gasteiger partial charge in [-0.1, -0.05) is 18.7 Å². The Morgan fingerprint density at radius 1 is 1.26 bits per heavy atom. The lowest BCUT2D eigenvalue weighted by atomic mass is 9.88. The quantitative estimate of drug-likeness (QED) is 0.438. The first-order valence-electron chi connectivity index (χ1n) is 11.3. The standard InChI is InChI=1S/C25H24FN7O2/c1-3-21(34)32-11-9-16(10-12-32)23-22(24-25(27)28-14-29-33(24)31-23)17-7-8-19(18(26)13-17)35-20-6-4-5-15(2)30-20/h3-8,13-14,16H,1,9-12H2,2H3,(H2,27,28,29). The van der Waals surface area contributed by atoms with Crippen LogP contribution in [0.1, 0.15) is 30.1 Å². The number of amides is 1. The summed E-state index contributed by atoms with van der Waals surface area (Å²) < 4.78 is 22.3. The van der Waals surface area contributed by atoms with Crippen molar-refractivity contribution in [3.63, 3.8) is 0 Å². The van der Waals surface area contributed by atoms with Gasteiger partial charge in [0.15, 0.2) is 17.4 Å². The number of hydrogen-bond donors (Lipinski definition) is 1. The number of fused-ring (bicyclic) bond motifs is 1. The summed E-state index contributed by atoms with van der Waals surface area (Å²) in [4.78, 5) is 22.1. The van der Waals surface area contributed by atoms with E-state index in [1.54, 1.807) is 29.2 Å². The van der Waals surface area contributed by atoms with Gasteiger partial charge in [-0.25, -0.2) is 14.4 Å². The minimum Gasteiger partial charge on any atom is -0.436 e. The number of likely N-dealkylation sites (tertiary alicyclic amines) is 1. The van der Waals surface area contributed by atoms with Gasteiger partial charge in [-0.3, -0.25) is 4.79 Å². The number of carbonyl (C=O) groups is 1. The number of ether oxygens (including phenoxy) is 1. The van der Waals surface area contributed by atoms with Crippen molar-refractivity contribution < 1.29 is 13.9 Å². The van der Waals surface area contributed by atoms with Crippen LogP contribution >= 0.6 is 0 Å². The molecule has 0 atom stereocenters. The van der Waals surface area contributed by atoms with E-state index in [9.17, 15) is 4.79 Å². The third-order valence-corrected chi connectivity index (χ3v) is 6.16. The molecule has 35 heavy (non-hydrogen) atoms. The largest absolute Gasteiger partial charge is 0.436 e. The van der Waals surface area contributed by atoms with Crippen molar-refractivity contribution in [1.29, 1.82) is 0 Å². The van der Waals surface area contributed by atoms with Crippen molar-refractivity contribution >= 4 is 17.2 Å². The van der Waals surface area contributed by atoms with E-state index < -0.39 is 5.82 Å². The monoisotopic (exact) mass is 473 g/mol. The number of anilines is 1. The average Bonchev–Trinajstić information content (AvgIpc) is 3.26. The second-order valence-corrected chi connectivity index (χ2v) is 8.41. The molecule has 1 aromatic carbocycles. The van der Waals surface area contributed by atoms with Crippen molar-refractivity contribution in [2.24, 2.45) is 0 Å². The number of aromatic nitrogens is 5. The highest BCUT2D eigenvalue weighted by Crippen LogP contribution is 2.40. The van der Waals surface area contributed by atoms with Gasteiger partial charge >= 0.3 is 0 Å². The number of carbonyl (C=O) groups excluding carboxylic acids is 1. The molecule has 3 aromatic heterocycles. The molecule has 4 aromatic rings. The lowest BCUT2D eigenvalue weighted by molar-refractivity contribution is -0.127. The highest BCUT2D eigenvalue weighted by atomic mass is 19.1. The molecule has 10 heteroatoms. The van der Waals surface area contributed by atoms with Crippen LogP contribution in [0.5, 0.6) is 11.6 Å². The Morgan fingerprint density at radius 2 is 2.06 bits per heavy atom. The van der Waals surface area contributed by atoms with Crippen LogP contribution in [0.25, 0.3) is 16.6 Å². The number of benzene rings is 1. The Bertz CT molecular complexity index is 1430. The van der Waals surface area contributed by atoms with Gasteiger partial charge in [-0.05, 0) is 49.6 Å². The number of halogens is 1. The predicted octanol–water partition coefficient (Wildman–Crippen LogP) is 3.90. The number of nitrogens with two attached hydrogens (primary N) is 1. The number of hydrogen-bond acceptors (Lipinski definition) is 7. The number of piperidine rings is 1. The topological polar surface area (TPSA) is 112 Å². The molecular weight excluding hydrogens is 449 g/mol. The van der Waals surface area contributed by atoms with Gasteiger partial charge in [0, 0.05) is 36.3 Å². The molecule has 5 rings (SSSR count). The van der Waals surface area contributed by atoms with E-state index in [1.807, 2.05) is 13.0 Å². The van der Waals surface area contributed by atoms with Crippen LogP contribution in [0.2, 0.25) is 0 Å². The summed E-state index contributed by atoms with van der Waals surface area (Å²) in [7, 11) is 0. The number of nitrogen functional groups attached to an aromatic ring is 1. The zero-order chi connectivity index (χ0) is 24.5. The van der Waals surface area contributed by atoms with Crippen LogP contribution in [0.3, 0.4) is 0 Å². The molecule has 0 aliphatic carbocycles. The molecule has 1 aliphatic rings. The van der Waals surface area contributed by atoms with Crippen molar-refractivity contribution in [2.75, 3.05) is 18.8 Å². The Hall–Kier alpha value is -4.34. The van der Waals surface area contributed by atoms with Crippen LogP contribution < -0.4 is 10.5 Å². The molecule has 0 unspecified atom stereocenters. The van der Waals surface area contributed by atoms with Crippen LogP contribution in [0.15, 0.2) is 55.4 Å². The average molecular weight is 474 g/mol. The molecule has 0 spiro atoms. The molecule has 4 heterocycles. The van der Waals surface area contributed by atoms with Gasteiger partial charge in [-0.15, -0.1) is 9.73 Å². The second-order valence-electron chi connectivity index (χ2n) is 8.41. The Labute approximate surface area is 201 Å². The van der Waals surface area contributed by atoms with E-state index in [1.165, 1.54) is 23.1 Å². The van der Waals surface area contributed by atoms with Crippen molar-refractivity contribution in [3.8, 4) is 22.8 Å². The highest BCUT2D eigenvalue weighted by molar-refractivity contribution is 5.89. The molecule has 2 N–H and O–H groups in total. The SMILES string of the molecule is C=CC(=O)N1CCC(c2nn3ncnc(N)c3c2-c2ccc(Oc3cccc(C)n3)c(F)c2)CC1. The molecule has 1 amide bonds. The number of pyridine rings is 1. The van der Waals surface area contributed by atoms with E-state index in [4.69, 9.17) is 15.6 Å². The molecule has 9 nitrogen and oxygen atoms in total. The third-order valence-electron chi connectivity index (χ3n) is 6.16. The summed E-state index contributed by atoms with van der Waals surface area (Å²) in [5.74, 6) is 0.0257. The normalized spacial score (nSPS) is 14.3. The van der Waals surface area contributed by atoms with Crippen LogP contribution in [-0.4, -0.2) is 48.7 Å². The van der Waals surface area contributed by atoms with E-state index in [-0.39, 0.29) is 23.4 Å². The molecule has 1 aliphatic heterocycles. The highest BCUT2D eigenvalue weighted by Gasteiger charge is 2.29. The second kappa shape index (κ2) is 9.13. The van der Waals surface area contributed by atoms with Gasteiger partial charge in [0.05, 0.1) is 5.69 Å².